The Labute approximate surface area is 59.0 Å². The third-order valence-electron chi connectivity index (χ3n) is 0.770. The molecule has 8 heavy (non-hydrogen) atoms. The van der Waals surface area contributed by atoms with Crippen LogP contribution in [-0.4, -0.2) is 11.1 Å². The Morgan fingerprint density at radius 1 is 1.62 bits per heavy atom. The molecular formula is C5H9BrO2. The quantitative estimate of drug-likeness (QED) is 0.624. The average Bonchev–Trinajstić information content (AvgIpc) is 1.65. The highest BCUT2D eigenvalue weighted by molar-refractivity contribution is 8.93. The van der Waals surface area contributed by atoms with Gasteiger partial charge in [-0.1, -0.05) is 6.08 Å². The lowest BCUT2D eigenvalue weighted by molar-refractivity contribution is -0.132. The Hall–Kier alpha value is -0.310. The normalized spacial score (nSPS) is 10.0. The van der Waals surface area contributed by atoms with Crippen molar-refractivity contribution in [1.29, 1.82) is 0 Å². The van der Waals surface area contributed by atoms with Crippen LogP contribution in [0.5, 0.6) is 0 Å². The summed E-state index contributed by atoms with van der Waals surface area (Å²) in [4.78, 5) is 9.86. The van der Waals surface area contributed by atoms with E-state index in [1.54, 1.807) is 19.9 Å². The van der Waals surface area contributed by atoms with Gasteiger partial charge in [0, 0.05) is 5.57 Å². The molecule has 0 atom stereocenters. The molecule has 0 aliphatic rings. The smallest absolute Gasteiger partial charge is 0.330 e. The third kappa shape index (κ3) is 3.87. The van der Waals surface area contributed by atoms with Crippen molar-refractivity contribution in [2.45, 2.75) is 13.8 Å². The Balaban J connectivity index is 0. The van der Waals surface area contributed by atoms with Gasteiger partial charge in [0.1, 0.15) is 0 Å². The van der Waals surface area contributed by atoms with Crippen LogP contribution in [0.4, 0.5) is 0 Å². The van der Waals surface area contributed by atoms with Gasteiger partial charge >= 0.3 is 5.97 Å². The summed E-state index contributed by atoms with van der Waals surface area (Å²) in [5.41, 5.74) is 0.389. The number of carboxylic acids is 1. The largest absolute Gasteiger partial charge is 0.478 e. The van der Waals surface area contributed by atoms with Gasteiger partial charge in [-0.05, 0) is 13.8 Å². The molecule has 48 valence electrons. The maximum atomic E-state index is 9.86. The molecule has 3 heteroatoms. The second kappa shape index (κ2) is 4.84. The van der Waals surface area contributed by atoms with E-state index in [4.69, 9.17) is 5.11 Å². The zero-order valence-corrected chi connectivity index (χ0v) is 6.55. The highest BCUT2D eigenvalue weighted by atomic mass is 79.9. The van der Waals surface area contributed by atoms with E-state index in [0.29, 0.717) is 5.57 Å². The fraction of sp³-hybridized carbons (Fsp3) is 0.400. The number of aliphatic carboxylic acids is 1. The van der Waals surface area contributed by atoms with Crippen molar-refractivity contribution in [3.8, 4) is 0 Å². The highest BCUT2D eigenvalue weighted by Crippen LogP contribution is 1.87. The number of allylic oxidation sites excluding steroid dienone is 1. The summed E-state index contributed by atoms with van der Waals surface area (Å²) in [5.74, 6) is -0.845. The van der Waals surface area contributed by atoms with Crippen LogP contribution in [0.3, 0.4) is 0 Å². The van der Waals surface area contributed by atoms with E-state index in [2.05, 4.69) is 0 Å². The van der Waals surface area contributed by atoms with Gasteiger partial charge in [0.05, 0.1) is 0 Å². The lowest BCUT2D eigenvalue weighted by Gasteiger charge is -1.84. The molecule has 0 unspecified atom stereocenters. The molecule has 0 spiro atoms. The van der Waals surface area contributed by atoms with E-state index in [1.165, 1.54) is 0 Å². The maximum Gasteiger partial charge on any atom is 0.330 e. The molecule has 0 aliphatic heterocycles. The molecular weight excluding hydrogens is 172 g/mol. The molecule has 0 bridgehead atoms. The van der Waals surface area contributed by atoms with E-state index >= 15 is 0 Å². The fourth-order valence-corrected chi connectivity index (χ4v) is 0.123. The van der Waals surface area contributed by atoms with E-state index < -0.39 is 5.97 Å². The summed E-state index contributed by atoms with van der Waals surface area (Å²) >= 11 is 0. The second-order valence-corrected chi connectivity index (χ2v) is 1.28. The van der Waals surface area contributed by atoms with Crippen molar-refractivity contribution >= 4 is 23.0 Å². The van der Waals surface area contributed by atoms with Gasteiger partial charge in [0.2, 0.25) is 0 Å². The van der Waals surface area contributed by atoms with Crippen molar-refractivity contribution in [3.05, 3.63) is 11.6 Å². The van der Waals surface area contributed by atoms with Gasteiger partial charge in [-0.25, -0.2) is 4.79 Å². The van der Waals surface area contributed by atoms with Crippen LogP contribution in [0.1, 0.15) is 13.8 Å². The predicted octanol–water partition coefficient (Wildman–Crippen LogP) is 1.62. The molecule has 0 saturated carbocycles. The lowest BCUT2D eigenvalue weighted by atomic mass is 10.3. The van der Waals surface area contributed by atoms with Gasteiger partial charge in [0.15, 0.2) is 0 Å². The second-order valence-electron chi connectivity index (χ2n) is 1.28. The molecule has 0 aromatic heterocycles. The predicted molar refractivity (Wildman–Crippen MR) is 37.4 cm³/mol. The first-order valence-electron chi connectivity index (χ1n) is 2.04. The molecule has 0 aromatic carbocycles. The summed E-state index contributed by atoms with van der Waals surface area (Å²) in [6, 6.07) is 0. The van der Waals surface area contributed by atoms with Crippen molar-refractivity contribution in [2.75, 3.05) is 0 Å². The molecule has 0 aliphatic carbocycles. The van der Waals surface area contributed by atoms with Crippen LogP contribution in [0.15, 0.2) is 11.6 Å². The third-order valence-corrected chi connectivity index (χ3v) is 0.770. The molecule has 0 aromatic rings. The van der Waals surface area contributed by atoms with Crippen LogP contribution in [0.2, 0.25) is 0 Å². The number of halogens is 1. The monoisotopic (exact) mass is 180 g/mol. The minimum absolute atomic E-state index is 0. The molecule has 1 N–H and O–H groups in total. The van der Waals surface area contributed by atoms with Gasteiger partial charge in [0.25, 0.3) is 0 Å². The van der Waals surface area contributed by atoms with Crippen molar-refractivity contribution < 1.29 is 9.90 Å². The van der Waals surface area contributed by atoms with E-state index in [9.17, 15) is 4.79 Å². The summed E-state index contributed by atoms with van der Waals surface area (Å²) < 4.78 is 0. The number of carboxylic acid groups (broad SMARTS) is 1. The Kier molecular flexibility index (Phi) is 6.43. The molecule has 0 rings (SSSR count). The van der Waals surface area contributed by atoms with Crippen molar-refractivity contribution in [2.24, 2.45) is 0 Å². The van der Waals surface area contributed by atoms with Crippen LogP contribution in [-0.2, 0) is 4.79 Å². The van der Waals surface area contributed by atoms with Gasteiger partial charge < -0.3 is 5.11 Å². The molecule has 0 saturated heterocycles. The summed E-state index contributed by atoms with van der Waals surface area (Å²) in [6.45, 7) is 3.26. The molecule has 2 nitrogen and oxygen atoms in total. The summed E-state index contributed by atoms with van der Waals surface area (Å²) in [7, 11) is 0. The number of hydrogen-bond acceptors (Lipinski definition) is 1. The van der Waals surface area contributed by atoms with Crippen LogP contribution >= 0.6 is 17.0 Å². The first kappa shape index (κ1) is 10.6. The minimum atomic E-state index is -0.845. The maximum absolute atomic E-state index is 9.86. The SMILES string of the molecule is Br.CC=C(C)C(=O)O. The van der Waals surface area contributed by atoms with Crippen molar-refractivity contribution in [1.82, 2.24) is 0 Å². The number of carbonyl (C=O) groups is 1. The van der Waals surface area contributed by atoms with Gasteiger partial charge in [-0.2, -0.15) is 0 Å². The average molecular weight is 181 g/mol. The number of hydrogen-bond donors (Lipinski definition) is 1. The Morgan fingerprint density at radius 2 is 2.00 bits per heavy atom. The fourth-order valence-electron chi connectivity index (χ4n) is 0.123. The first-order chi connectivity index (χ1) is 3.18. The lowest BCUT2D eigenvalue weighted by Crippen LogP contribution is -1.93. The minimum Gasteiger partial charge on any atom is -0.478 e. The number of rotatable bonds is 1. The van der Waals surface area contributed by atoms with E-state index in [-0.39, 0.29) is 17.0 Å². The summed E-state index contributed by atoms with van der Waals surface area (Å²) in [6.07, 6.45) is 1.56. The van der Waals surface area contributed by atoms with E-state index in [0.717, 1.165) is 0 Å². The highest BCUT2D eigenvalue weighted by Gasteiger charge is 1.93. The van der Waals surface area contributed by atoms with Crippen LogP contribution in [0, 0.1) is 0 Å². The van der Waals surface area contributed by atoms with Crippen LogP contribution < -0.4 is 0 Å². The van der Waals surface area contributed by atoms with Crippen LogP contribution in [0.25, 0.3) is 0 Å². The Bertz CT molecular complexity index is 107. The molecule has 0 heterocycles. The zero-order valence-electron chi connectivity index (χ0n) is 4.84. The molecule has 0 fully saturated rings. The topological polar surface area (TPSA) is 37.3 Å². The molecule has 0 radical (unpaired) electrons. The Morgan fingerprint density at radius 3 is 2.00 bits per heavy atom. The van der Waals surface area contributed by atoms with Crippen molar-refractivity contribution in [3.63, 3.8) is 0 Å². The van der Waals surface area contributed by atoms with E-state index in [1.807, 2.05) is 0 Å². The molecule has 0 amide bonds. The first-order valence-corrected chi connectivity index (χ1v) is 2.04. The zero-order chi connectivity index (χ0) is 5.86. The summed E-state index contributed by atoms with van der Waals surface area (Å²) in [5, 5.41) is 8.11. The van der Waals surface area contributed by atoms with Gasteiger partial charge in [-0.3, -0.25) is 0 Å². The van der Waals surface area contributed by atoms with Gasteiger partial charge in [-0.15, -0.1) is 17.0 Å². The standard InChI is InChI=1S/C5H8O2.BrH/c1-3-4(2)5(6)7;/h3H,1-2H3,(H,6,7);1H.